The van der Waals surface area contributed by atoms with Gasteiger partial charge in [-0.25, -0.2) is 18.2 Å². The predicted molar refractivity (Wildman–Crippen MR) is 61.0 cm³/mol. The van der Waals surface area contributed by atoms with Crippen LogP contribution >= 0.6 is 22.6 Å². The van der Waals surface area contributed by atoms with Crippen molar-refractivity contribution in [1.29, 1.82) is 0 Å². The number of nitrogens with zero attached hydrogens (tertiary/aromatic N) is 2. The second kappa shape index (κ2) is 3.12. The third-order valence-electron chi connectivity index (χ3n) is 2.75. The first-order valence-corrected chi connectivity index (χ1v) is 5.76. The molecule has 84 valence electrons. The molecule has 1 heterocycles. The van der Waals surface area contributed by atoms with Gasteiger partial charge in [-0.3, -0.25) is 0 Å². The van der Waals surface area contributed by atoms with Gasteiger partial charge in [-0.15, -0.1) is 0 Å². The zero-order chi connectivity index (χ0) is 11.5. The Labute approximate surface area is 103 Å². The fourth-order valence-electron chi connectivity index (χ4n) is 1.77. The molecule has 0 aliphatic heterocycles. The highest BCUT2D eigenvalue weighted by Gasteiger charge is 2.58. The van der Waals surface area contributed by atoms with Gasteiger partial charge in [0.15, 0.2) is 0 Å². The molecule has 2 nitrogen and oxygen atoms in total. The number of hydrogen-bond acceptors (Lipinski definition) is 1. The average Bonchev–Trinajstić information content (AvgIpc) is 2.66. The van der Waals surface area contributed by atoms with Crippen molar-refractivity contribution in [3.05, 3.63) is 27.8 Å². The molecule has 1 fully saturated rings. The maximum absolute atomic E-state index is 13.3. The first-order chi connectivity index (χ1) is 7.49. The Morgan fingerprint density at radius 2 is 2.12 bits per heavy atom. The minimum absolute atomic E-state index is 0.188. The third kappa shape index (κ3) is 1.42. The number of benzene rings is 1. The van der Waals surface area contributed by atoms with Gasteiger partial charge in [0.05, 0.1) is 20.9 Å². The zero-order valence-corrected chi connectivity index (χ0v) is 10.1. The molecule has 0 N–H and O–H groups in total. The number of aromatic nitrogens is 2. The normalized spacial score (nSPS) is 22.6. The monoisotopic (exact) mass is 338 g/mol. The molecule has 1 aliphatic rings. The highest BCUT2D eigenvalue weighted by Crippen LogP contribution is 2.53. The second-order valence-corrected chi connectivity index (χ2v) is 5.05. The van der Waals surface area contributed by atoms with Gasteiger partial charge in [0.2, 0.25) is 0 Å². The van der Waals surface area contributed by atoms with Gasteiger partial charge >= 0.3 is 0 Å². The molecule has 3 rings (SSSR count). The molecule has 1 aromatic carbocycles. The third-order valence-corrected chi connectivity index (χ3v) is 3.57. The summed E-state index contributed by atoms with van der Waals surface area (Å²) in [6, 6.07) is 1.96. The van der Waals surface area contributed by atoms with Gasteiger partial charge in [0.25, 0.3) is 5.92 Å². The highest BCUT2D eigenvalue weighted by atomic mass is 127. The molecule has 0 saturated heterocycles. The number of fused-ring (bicyclic) bond motifs is 1. The molecule has 2 aromatic rings. The van der Waals surface area contributed by atoms with E-state index in [4.69, 9.17) is 0 Å². The van der Waals surface area contributed by atoms with Crippen LogP contribution < -0.4 is 0 Å². The lowest BCUT2D eigenvalue weighted by atomic mass is 10.3. The van der Waals surface area contributed by atoms with Gasteiger partial charge in [-0.1, -0.05) is 0 Å². The molecule has 0 spiro atoms. The number of imidazole rings is 1. The van der Waals surface area contributed by atoms with E-state index in [0.29, 0.717) is 14.6 Å². The van der Waals surface area contributed by atoms with Gasteiger partial charge < -0.3 is 4.57 Å². The van der Waals surface area contributed by atoms with Crippen molar-refractivity contribution in [1.82, 2.24) is 9.55 Å². The van der Waals surface area contributed by atoms with Gasteiger partial charge in [-0.2, -0.15) is 0 Å². The van der Waals surface area contributed by atoms with Crippen molar-refractivity contribution in [3.63, 3.8) is 0 Å². The van der Waals surface area contributed by atoms with Crippen LogP contribution in [0.5, 0.6) is 0 Å². The van der Waals surface area contributed by atoms with Gasteiger partial charge in [0, 0.05) is 12.5 Å². The molecular formula is C10H6F3IN2. The zero-order valence-electron chi connectivity index (χ0n) is 7.92. The van der Waals surface area contributed by atoms with E-state index in [1.807, 2.05) is 22.6 Å². The molecule has 0 amide bonds. The second-order valence-electron chi connectivity index (χ2n) is 3.89. The minimum atomic E-state index is -2.67. The lowest BCUT2D eigenvalue weighted by molar-refractivity contribution is 0.101. The highest BCUT2D eigenvalue weighted by molar-refractivity contribution is 14.1. The molecule has 16 heavy (non-hydrogen) atoms. The largest absolute Gasteiger partial charge is 0.321 e. The lowest BCUT2D eigenvalue weighted by Crippen LogP contribution is -2.01. The number of hydrogen-bond donors (Lipinski definition) is 0. The Balaban J connectivity index is 2.17. The van der Waals surface area contributed by atoms with Gasteiger partial charge in [-0.05, 0) is 28.7 Å². The topological polar surface area (TPSA) is 17.8 Å². The van der Waals surface area contributed by atoms with Crippen LogP contribution in [0.1, 0.15) is 12.5 Å². The van der Waals surface area contributed by atoms with E-state index in [1.54, 1.807) is 6.07 Å². The first-order valence-electron chi connectivity index (χ1n) is 4.68. The number of alkyl halides is 2. The number of rotatable bonds is 1. The number of halogens is 4. The van der Waals surface area contributed by atoms with Crippen LogP contribution in [0.25, 0.3) is 11.0 Å². The fourth-order valence-corrected chi connectivity index (χ4v) is 2.22. The van der Waals surface area contributed by atoms with E-state index in [9.17, 15) is 13.2 Å². The van der Waals surface area contributed by atoms with Crippen molar-refractivity contribution in [3.8, 4) is 0 Å². The summed E-state index contributed by atoms with van der Waals surface area (Å²) in [5.41, 5.74) is 0.980. The minimum Gasteiger partial charge on any atom is -0.321 e. The first kappa shape index (κ1) is 10.4. The van der Waals surface area contributed by atoms with Crippen LogP contribution in [0, 0.1) is 9.39 Å². The summed E-state index contributed by atoms with van der Waals surface area (Å²) in [5.74, 6) is -3.08. The standard InChI is InChI=1S/C10H6F3IN2/c11-5-1-8-7(2-6(5)14)15-4-16(8)9-3-10(9,12)13/h1-2,4,9H,3H2. The SMILES string of the molecule is Fc1cc2c(cc1I)ncn2C1CC1(F)F. The van der Waals surface area contributed by atoms with Gasteiger partial charge in [0.1, 0.15) is 11.9 Å². The molecule has 0 radical (unpaired) electrons. The van der Waals surface area contributed by atoms with E-state index < -0.39 is 17.8 Å². The van der Waals surface area contributed by atoms with E-state index in [1.165, 1.54) is 17.0 Å². The van der Waals surface area contributed by atoms with Crippen LogP contribution in [0.3, 0.4) is 0 Å². The van der Waals surface area contributed by atoms with Crippen molar-refractivity contribution >= 4 is 33.6 Å². The van der Waals surface area contributed by atoms with E-state index >= 15 is 0 Å². The molecule has 0 bridgehead atoms. The quantitative estimate of drug-likeness (QED) is 0.729. The summed E-state index contributed by atoms with van der Waals surface area (Å²) in [6.07, 6.45) is 1.16. The smallest absolute Gasteiger partial charge is 0.270 e. The average molecular weight is 338 g/mol. The summed E-state index contributed by atoms with van der Waals surface area (Å²) in [4.78, 5) is 4.01. The Kier molecular flexibility index (Phi) is 2.02. The molecular weight excluding hydrogens is 332 g/mol. The van der Waals surface area contributed by atoms with Crippen molar-refractivity contribution in [2.45, 2.75) is 18.4 Å². The van der Waals surface area contributed by atoms with Crippen molar-refractivity contribution in [2.75, 3.05) is 0 Å². The van der Waals surface area contributed by atoms with Crippen molar-refractivity contribution in [2.24, 2.45) is 0 Å². The van der Waals surface area contributed by atoms with Crippen molar-refractivity contribution < 1.29 is 13.2 Å². The molecule has 1 unspecified atom stereocenters. The maximum Gasteiger partial charge on any atom is 0.270 e. The Morgan fingerprint density at radius 1 is 1.44 bits per heavy atom. The summed E-state index contributed by atoms with van der Waals surface area (Å²) < 4.78 is 41.0. The van der Waals surface area contributed by atoms with E-state index in [2.05, 4.69) is 4.98 Å². The Bertz CT molecular complexity index is 579. The van der Waals surface area contributed by atoms with Crippen LogP contribution in [-0.2, 0) is 0 Å². The van der Waals surface area contributed by atoms with Crippen LogP contribution in [0.2, 0.25) is 0 Å². The van der Waals surface area contributed by atoms with E-state index in [-0.39, 0.29) is 6.42 Å². The summed E-state index contributed by atoms with van der Waals surface area (Å²) in [6.45, 7) is 0. The summed E-state index contributed by atoms with van der Waals surface area (Å²) >= 11 is 1.85. The van der Waals surface area contributed by atoms with Crippen LogP contribution in [-0.4, -0.2) is 15.5 Å². The Morgan fingerprint density at radius 3 is 2.75 bits per heavy atom. The van der Waals surface area contributed by atoms with Crippen LogP contribution in [0.4, 0.5) is 13.2 Å². The predicted octanol–water partition coefficient (Wildman–Crippen LogP) is 3.36. The van der Waals surface area contributed by atoms with Crippen LogP contribution in [0.15, 0.2) is 18.5 Å². The maximum atomic E-state index is 13.3. The fraction of sp³-hybridized carbons (Fsp3) is 0.300. The summed E-state index contributed by atoms with van der Waals surface area (Å²) in [7, 11) is 0. The molecule has 1 aliphatic carbocycles. The molecule has 6 heteroatoms. The lowest BCUT2D eigenvalue weighted by Gasteiger charge is -2.02. The molecule has 1 aromatic heterocycles. The molecule has 1 saturated carbocycles. The Hall–Kier alpha value is -0.790. The molecule has 1 atom stereocenters. The summed E-state index contributed by atoms with van der Waals surface area (Å²) in [5, 5.41) is 0. The van der Waals surface area contributed by atoms with E-state index in [0.717, 1.165) is 0 Å².